The zero-order chi connectivity index (χ0) is 19.7. The van der Waals surface area contributed by atoms with E-state index in [2.05, 4.69) is 38.5 Å². The highest BCUT2D eigenvalue weighted by Crippen LogP contribution is 2.29. The first kappa shape index (κ1) is 19.1. The summed E-state index contributed by atoms with van der Waals surface area (Å²) < 4.78 is 2.34. The van der Waals surface area contributed by atoms with Gasteiger partial charge in [-0.1, -0.05) is 0 Å². The molecule has 0 aliphatic carbocycles. The molecule has 0 saturated carbocycles. The Hall–Kier alpha value is -2.28. The largest absolute Gasteiger partial charge is 0.339 e. The minimum atomic E-state index is 0.0942. The van der Waals surface area contributed by atoms with Gasteiger partial charge in [0.05, 0.1) is 5.56 Å². The monoisotopic (exact) mass is 382 g/mol. The molecule has 150 valence electrons. The molecule has 0 radical (unpaired) electrons. The third-order valence-corrected chi connectivity index (χ3v) is 6.24. The number of carbonyl (C=O) groups is 1. The number of hydrogen-bond donors (Lipinski definition) is 0. The van der Waals surface area contributed by atoms with Crippen LogP contribution >= 0.6 is 0 Å². The van der Waals surface area contributed by atoms with Gasteiger partial charge in [0.2, 0.25) is 0 Å². The van der Waals surface area contributed by atoms with Crippen molar-refractivity contribution in [3.63, 3.8) is 0 Å². The number of carbonyl (C=O) groups excluding carboxylic acids is 1. The van der Waals surface area contributed by atoms with Crippen LogP contribution in [0.5, 0.6) is 0 Å². The maximum atomic E-state index is 12.8. The van der Waals surface area contributed by atoms with Crippen molar-refractivity contribution < 1.29 is 4.79 Å². The van der Waals surface area contributed by atoms with E-state index in [0.29, 0.717) is 17.5 Å². The molecule has 0 N–H and O–H groups in total. The number of hydrogen-bond acceptors (Lipinski definition) is 5. The van der Waals surface area contributed by atoms with E-state index in [1.54, 1.807) is 12.4 Å². The summed E-state index contributed by atoms with van der Waals surface area (Å²) in [7, 11) is 0. The molecule has 0 atom stereocenters. The standard InChI is InChI=1S/C21H30N6O/c1-15(2)25-11-7-19-23-24-20(27(19)13-12-25)17-5-9-26(10-6-17)21(28)18-14-22-8-4-16(18)3/h4,8,14-15,17H,5-7,9-13H2,1-3H3. The van der Waals surface area contributed by atoms with Crippen LogP contribution in [0.2, 0.25) is 0 Å². The predicted molar refractivity (Wildman–Crippen MR) is 107 cm³/mol. The van der Waals surface area contributed by atoms with E-state index in [0.717, 1.165) is 69.2 Å². The van der Waals surface area contributed by atoms with Crippen LogP contribution in [0.25, 0.3) is 0 Å². The van der Waals surface area contributed by atoms with E-state index >= 15 is 0 Å². The number of aromatic nitrogens is 4. The van der Waals surface area contributed by atoms with E-state index in [1.165, 1.54) is 0 Å². The summed E-state index contributed by atoms with van der Waals surface area (Å²) in [5, 5.41) is 9.05. The van der Waals surface area contributed by atoms with E-state index < -0.39 is 0 Å². The predicted octanol–water partition coefficient (Wildman–Crippen LogP) is 2.27. The zero-order valence-corrected chi connectivity index (χ0v) is 17.1. The van der Waals surface area contributed by atoms with Crippen molar-refractivity contribution in [3.05, 3.63) is 41.2 Å². The number of likely N-dealkylation sites (tertiary alicyclic amines) is 1. The summed E-state index contributed by atoms with van der Waals surface area (Å²) in [5.74, 6) is 2.70. The second kappa shape index (κ2) is 7.99. The van der Waals surface area contributed by atoms with Gasteiger partial charge in [-0.15, -0.1) is 10.2 Å². The number of nitrogens with zero attached hydrogens (tertiary/aromatic N) is 6. The molecule has 1 fully saturated rings. The lowest BCUT2D eigenvalue weighted by molar-refractivity contribution is 0.0709. The first-order chi connectivity index (χ1) is 13.5. The van der Waals surface area contributed by atoms with Crippen LogP contribution in [-0.2, 0) is 13.0 Å². The molecule has 4 heterocycles. The third kappa shape index (κ3) is 3.68. The van der Waals surface area contributed by atoms with Crippen molar-refractivity contribution >= 4 is 5.91 Å². The lowest BCUT2D eigenvalue weighted by atomic mass is 9.95. The number of amides is 1. The summed E-state index contributed by atoms with van der Waals surface area (Å²) in [5.41, 5.74) is 1.70. The number of fused-ring (bicyclic) bond motifs is 1. The fourth-order valence-corrected chi connectivity index (χ4v) is 4.38. The Labute approximate surface area is 166 Å². The van der Waals surface area contributed by atoms with Crippen LogP contribution in [-0.4, -0.2) is 67.7 Å². The average molecular weight is 383 g/mol. The highest BCUT2D eigenvalue weighted by Gasteiger charge is 2.30. The van der Waals surface area contributed by atoms with Crippen LogP contribution in [0, 0.1) is 6.92 Å². The van der Waals surface area contributed by atoms with Gasteiger partial charge in [-0.05, 0) is 45.2 Å². The minimum absolute atomic E-state index is 0.0942. The van der Waals surface area contributed by atoms with Gasteiger partial charge in [-0.25, -0.2) is 0 Å². The van der Waals surface area contributed by atoms with Gasteiger partial charge in [-0.3, -0.25) is 14.7 Å². The molecule has 1 saturated heterocycles. The first-order valence-corrected chi connectivity index (χ1v) is 10.4. The topological polar surface area (TPSA) is 67.2 Å². The number of pyridine rings is 1. The van der Waals surface area contributed by atoms with Gasteiger partial charge in [0.15, 0.2) is 0 Å². The summed E-state index contributed by atoms with van der Waals surface area (Å²) in [6.07, 6.45) is 6.26. The highest BCUT2D eigenvalue weighted by molar-refractivity contribution is 5.95. The smallest absolute Gasteiger partial charge is 0.255 e. The van der Waals surface area contributed by atoms with E-state index in [9.17, 15) is 4.79 Å². The summed E-state index contributed by atoms with van der Waals surface area (Å²) in [6, 6.07) is 2.46. The normalized spacial score (nSPS) is 18.9. The number of piperidine rings is 1. The van der Waals surface area contributed by atoms with Gasteiger partial charge >= 0.3 is 0 Å². The fraction of sp³-hybridized carbons (Fsp3) is 0.619. The molecule has 7 heteroatoms. The Balaban J connectivity index is 1.42. The SMILES string of the molecule is Cc1ccncc1C(=O)N1CCC(c2nnc3n2CCN(C(C)C)CC3)CC1. The molecule has 0 aromatic carbocycles. The fourth-order valence-electron chi connectivity index (χ4n) is 4.38. The highest BCUT2D eigenvalue weighted by atomic mass is 16.2. The summed E-state index contributed by atoms with van der Waals surface area (Å²) >= 11 is 0. The second-order valence-corrected chi connectivity index (χ2v) is 8.26. The molecule has 1 amide bonds. The Morgan fingerprint density at radius 2 is 1.89 bits per heavy atom. The maximum absolute atomic E-state index is 12.8. The maximum Gasteiger partial charge on any atom is 0.255 e. The molecule has 2 aromatic rings. The van der Waals surface area contributed by atoms with E-state index in [1.807, 2.05) is 17.9 Å². The van der Waals surface area contributed by atoms with Crippen molar-refractivity contribution in [1.82, 2.24) is 29.5 Å². The summed E-state index contributed by atoms with van der Waals surface area (Å²) in [6.45, 7) is 11.1. The van der Waals surface area contributed by atoms with Crippen LogP contribution in [0.4, 0.5) is 0 Å². The van der Waals surface area contributed by atoms with E-state index in [-0.39, 0.29) is 5.91 Å². The quantitative estimate of drug-likeness (QED) is 0.815. The van der Waals surface area contributed by atoms with Crippen molar-refractivity contribution in [3.8, 4) is 0 Å². The third-order valence-electron chi connectivity index (χ3n) is 6.24. The molecule has 7 nitrogen and oxygen atoms in total. The van der Waals surface area contributed by atoms with Gasteiger partial charge < -0.3 is 9.47 Å². The molecule has 28 heavy (non-hydrogen) atoms. The first-order valence-electron chi connectivity index (χ1n) is 10.4. The van der Waals surface area contributed by atoms with Crippen LogP contribution < -0.4 is 0 Å². The van der Waals surface area contributed by atoms with Gasteiger partial charge in [-0.2, -0.15) is 0 Å². The molecule has 0 bridgehead atoms. The van der Waals surface area contributed by atoms with Crippen molar-refractivity contribution in [1.29, 1.82) is 0 Å². The molecular formula is C21H30N6O. The zero-order valence-electron chi connectivity index (χ0n) is 17.1. The lowest BCUT2D eigenvalue weighted by Gasteiger charge is -2.32. The molecule has 4 rings (SSSR count). The minimum Gasteiger partial charge on any atom is -0.339 e. The van der Waals surface area contributed by atoms with Gasteiger partial charge in [0.1, 0.15) is 11.6 Å². The Morgan fingerprint density at radius 1 is 1.11 bits per heavy atom. The summed E-state index contributed by atoms with van der Waals surface area (Å²) in [4.78, 5) is 21.4. The molecule has 0 spiro atoms. The van der Waals surface area contributed by atoms with Crippen LogP contribution in [0.1, 0.15) is 60.2 Å². The van der Waals surface area contributed by atoms with Crippen LogP contribution in [0.15, 0.2) is 18.5 Å². The Morgan fingerprint density at radius 3 is 2.61 bits per heavy atom. The van der Waals surface area contributed by atoms with Crippen molar-refractivity contribution in [2.24, 2.45) is 0 Å². The van der Waals surface area contributed by atoms with Crippen molar-refractivity contribution in [2.45, 2.75) is 58.5 Å². The van der Waals surface area contributed by atoms with Gasteiger partial charge in [0.25, 0.3) is 5.91 Å². The Bertz CT molecular complexity index is 837. The number of aryl methyl sites for hydroxylation is 1. The molecule has 0 unspecified atom stereocenters. The molecule has 2 aliphatic heterocycles. The van der Waals surface area contributed by atoms with Gasteiger partial charge in [0, 0.05) is 63.5 Å². The molecular weight excluding hydrogens is 352 g/mol. The lowest BCUT2D eigenvalue weighted by Crippen LogP contribution is -2.39. The van der Waals surface area contributed by atoms with E-state index in [4.69, 9.17) is 0 Å². The molecule has 2 aromatic heterocycles. The Kier molecular flexibility index (Phi) is 5.44. The molecule has 2 aliphatic rings. The van der Waals surface area contributed by atoms with Crippen molar-refractivity contribution in [2.75, 3.05) is 26.2 Å². The second-order valence-electron chi connectivity index (χ2n) is 8.26. The van der Waals surface area contributed by atoms with Crippen LogP contribution in [0.3, 0.4) is 0 Å². The average Bonchev–Trinajstić information content (AvgIpc) is 2.98. The number of rotatable bonds is 3.